The molecule has 0 atom stereocenters. The fourth-order valence-electron chi connectivity index (χ4n) is 1.89. The molecule has 1 aromatic rings. The summed E-state index contributed by atoms with van der Waals surface area (Å²) in [5.41, 5.74) is 0.697. The Morgan fingerprint density at radius 1 is 1.06 bits per heavy atom. The van der Waals surface area contributed by atoms with Crippen LogP contribution in [0.25, 0.3) is 0 Å². The predicted octanol–water partition coefficient (Wildman–Crippen LogP) is 5.58. The molecule has 102 valence electrons. The van der Waals surface area contributed by atoms with E-state index in [0.717, 1.165) is 25.1 Å². The summed E-state index contributed by atoms with van der Waals surface area (Å²) in [6.07, 6.45) is 0.915. The zero-order chi connectivity index (χ0) is 13.9. The Kier molecular flexibility index (Phi) is 6.08. The van der Waals surface area contributed by atoms with Gasteiger partial charge in [0.2, 0.25) is 0 Å². The molecule has 0 aliphatic heterocycles. The van der Waals surface area contributed by atoms with Crippen molar-refractivity contribution < 1.29 is 0 Å². The van der Waals surface area contributed by atoms with E-state index < -0.39 is 0 Å². The Bertz CT molecular complexity index is 429. The Balaban J connectivity index is 3.11. The third-order valence-electron chi connectivity index (χ3n) is 2.97. The summed E-state index contributed by atoms with van der Waals surface area (Å²) in [5.74, 6) is 0. The summed E-state index contributed by atoms with van der Waals surface area (Å²) in [4.78, 5) is 0. The number of hydrogen-bond acceptors (Lipinski definition) is 1. The van der Waals surface area contributed by atoms with Crippen molar-refractivity contribution in [3.63, 3.8) is 0 Å². The van der Waals surface area contributed by atoms with Gasteiger partial charge in [-0.25, -0.2) is 0 Å². The van der Waals surface area contributed by atoms with E-state index in [1.807, 2.05) is 0 Å². The van der Waals surface area contributed by atoms with Crippen LogP contribution in [0.5, 0.6) is 0 Å². The average Bonchev–Trinajstić information content (AvgIpc) is 2.25. The quantitative estimate of drug-likeness (QED) is 0.423. The molecule has 0 bridgehead atoms. The second kappa shape index (κ2) is 6.67. The molecule has 0 radical (unpaired) electrons. The van der Waals surface area contributed by atoms with Crippen molar-refractivity contribution in [2.24, 2.45) is 0 Å². The number of rotatable bonds is 5. The minimum absolute atomic E-state index is 0.162. The van der Waals surface area contributed by atoms with Crippen LogP contribution < -0.4 is 5.32 Å². The highest BCUT2D eigenvalue weighted by Gasteiger charge is 2.28. The molecule has 0 aromatic heterocycles. The molecule has 0 fully saturated rings. The summed E-state index contributed by atoms with van der Waals surface area (Å²) >= 11 is 24.6. The van der Waals surface area contributed by atoms with Crippen molar-refractivity contribution in [1.29, 1.82) is 0 Å². The summed E-state index contributed by atoms with van der Waals surface area (Å²) in [7, 11) is 0. The van der Waals surface area contributed by atoms with Crippen LogP contribution in [0.2, 0.25) is 20.1 Å². The van der Waals surface area contributed by atoms with Gasteiger partial charge in [0.05, 0.1) is 15.1 Å². The monoisotopic (exact) mass is 327 g/mol. The maximum Gasteiger partial charge on any atom is 0.0782 e. The van der Waals surface area contributed by atoms with Gasteiger partial charge in [0.15, 0.2) is 0 Å². The lowest BCUT2D eigenvalue weighted by atomic mass is 9.81. The molecule has 0 aliphatic rings. The van der Waals surface area contributed by atoms with Crippen molar-refractivity contribution in [3.05, 3.63) is 31.7 Å². The predicted molar refractivity (Wildman–Crippen MR) is 82.7 cm³/mol. The fraction of sp³-hybridized carbons (Fsp3) is 0.538. The molecule has 1 aromatic carbocycles. The smallest absolute Gasteiger partial charge is 0.0782 e. The molecule has 5 heteroatoms. The van der Waals surface area contributed by atoms with Gasteiger partial charge < -0.3 is 5.32 Å². The molecule has 18 heavy (non-hydrogen) atoms. The second-order valence-electron chi connectivity index (χ2n) is 4.83. The fourth-order valence-corrected chi connectivity index (χ4v) is 3.31. The molecule has 0 saturated carbocycles. The minimum atomic E-state index is -0.162. The van der Waals surface area contributed by atoms with Gasteiger partial charge in [-0.3, -0.25) is 0 Å². The van der Waals surface area contributed by atoms with Crippen molar-refractivity contribution in [2.45, 2.75) is 32.6 Å². The number of nitrogens with one attached hydrogen (secondary N) is 1. The van der Waals surface area contributed by atoms with Crippen LogP contribution in [-0.4, -0.2) is 13.1 Å². The van der Waals surface area contributed by atoms with Crippen LogP contribution in [0.3, 0.4) is 0 Å². The molecule has 0 aliphatic carbocycles. The van der Waals surface area contributed by atoms with E-state index in [0.29, 0.717) is 20.1 Å². The van der Waals surface area contributed by atoms with Crippen molar-refractivity contribution in [3.8, 4) is 0 Å². The maximum atomic E-state index is 6.28. The van der Waals surface area contributed by atoms with Gasteiger partial charge in [0.25, 0.3) is 0 Å². The summed E-state index contributed by atoms with van der Waals surface area (Å²) < 4.78 is 0. The van der Waals surface area contributed by atoms with Gasteiger partial charge in [-0.05, 0) is 36.6 Å². The highest BCUT2D eigenvalue weighted by Crippen LogP contribution is 2.44. The Morgan fingerprint density at radius 2 is 1.67 bits per heavy atom. The largest absolute Gasteiger partial charge is 0.317 e. The van der Waals surface area contributed by atoms with Crippen molar-refractivity contribution in [1.82, 2.24) is 5.32 Å². The maximum absolute atomic E-state index is 6.28. The molecule has 1 rings (SSSR count). The van der Waals surface area contributed by atoms with E-state index >= 15 is 0 Å². The van der Waals surface area contributed by atoms with Gasteiger partial charge in [-0.2, -0.15) is 0 Å². The summed E-state index contributed by atoms with van der Waals surface area (Å²) in [5, 5.41) is 5.07. The minimum Gasteiger partial charge on any atom is -0.317 e. The third kappa shape index (κ3) is 3.68. The molecular formula is C13H17Cl4N. The summed E-state index contributed by atoms with van der Waals surface area (Å²) in [6, 6.07) is 1.65. The van der Waals surface area contributed by atoms with Crippen molar-refractivity contribution in [2.75, 3.05) is 13.1 Å². The zero-order valence-corrected chi connectivity index (χ0v) is 13.7. The molecular weight excluding hydrogens is 312 g/mol. The van der Waals surface area contributed by atoms with Crippen LogP contribution >= 0.6 is 46.4 Å². The van der Waals surface area contributed by atoms with E-state index in [1.165, 1.54) is 0 Å². The molecule has 1 nitrogen and oxygen atoms in total. The van der Waals surface area contributed by atoms with E-state index in [4.69, 9.17) is 46.4 Å². The van der Waals surface area contributed by atoms with E-state index in [2.05, 4.69) is 26.1 Å². The van der Waals surface area contributed by atoms with Crippen LogP contribution in [0.15, 0.2) is 6.07 Å². The van der Waals surface area contributed by atoms with Crippen LogP contribution in [-0.2, 0) is 5.41 Å². The standard InChI is InChI=1S/C13H17Cl4N/c1-4-18-6-5-13(2,3)10-8(14)7-9(15)11(16)12(10)17/h7,18H,4-6H2,1-3H3. The van der Waals surface area contributed by atoms with Gasteiger partial charge >= 0.3 is 0 Å². The average molecular weight is 329 g/mol. The van der Waals surface area contributed by atoms with E-state index in [1.54, 1.807) is 6.07 Å². The first-order valence-electron chi connectivity index (χ1n) is 5.85. The van der Waals surface area contributed by atoms with Gasteiger partial charge in [0, 0.05) is 5.02 Å². The van der Waals surface area contributed by atoms with E-state index in [9.17, 15) is 0 Å². The lowest BCUT2D eigenvalue weighted by molar-refractivity contribution is 0.461. The highest BCUT2D eigenvalue weighted by atomic mass is 35.5. The topological polar surface area (TPSA) is 12.0 Å². The first-order valence-corrected chi connectivity index (χ1v) is 7.36. The normalized spacial score (nSPS) is 11.9. The Hall–Kier alpha value is 0.340. The molecule has 0 heterocycles. The number of benzene rings is 1. The Morgan fingerprint density at radius 3 is 2.22 bits per heavy atom. The van der Waals surface area contributed by atoms with Crippen LogP contribution in [0.4, 0.5) is 0 Å². The zero-order valence-electron chi connectivity index (χ0n) is 10.7. The van der Waals surface area contributed by atoms with Crippen LogP contribution in [0, 0.1) is 0 Å². The SMILES string of the molecule is CCNCCC(C)(C)c1c(Cl)cc(Cl)c(Cl)c1Cl. The van der Waals surface area contributed by atoms with Gasteiger partial charge in [-0.1, -0.05) is 67.2 Å². The van der Waals surface area contributed by atoms with Crippen molar-refractivity contribution >= 4 is 46.4 Å². The summed E-state index contributed by atoms with van der Waals surface area (Å²) in [6.45, 7) is 8.12. The second-order valence-corrected chi connectivity index (χ2v) is 6.40. The van der Waals surface area contributed by atoms with Gasteiger partial charge in [0.1, 0.15) is 0 Å². The number of hydrogen-bond donors (Lipinski definition) is 1. The molecule has 0 unspecified atom stereocenters. The molecule has 0 saturated heterocycles. The molecule has 1 N–H and O–H groups in total. The lowest BCUT2D eigenvalue weighted by Crippen LogP contribution is -2.26. The first-order chi connectivity index (χ1) is 8.31. The Labute approximate surface area is 129 Å². The van der Waals surface area contributed by atoms with Gasteiger partial charge in [-0.15, -0.1) is 0 Å². The first kappa shape index (κ1) is 16.4. The van der Waals surface area contributed by atoms with Crippen LogP contribution in [0.1, 0.15) is 32.8 Å². The number of halogens is 4. The lowest BCUT2D eigenvalue weighted by Gasteiger charge is -2.28. The van der Waals surface area contributed by atoms with E-state index in [-0.39, 0.29) is 5.41 Å². The molecule has 0 spiro atoms. The third-order valence-corrected chi connectivity index (χ3v) is 4.53. The molecule has 0 amide bonds. The highest BCUT2D eigenvalue weighted by molar-refractivity contribution is 6.49.